The van der Waals surface area contributed by atoms with Gasteiger partial charge in [-0.25, -0.2) is 0 Å². The Hall–Kier alpha value is -0.240. The van der Waals surface area contributed by atoms with Crippen LogP contribution in [0.3, 0.4) is 0 Å². The topological polar surface area (TPSA) is 12.0 Å². The Morgan fingerprint density at radius 3 is 2.71 bits per heavy atom. The molecule has 0 amide bonds. The molecule has 0 radical (unpaired) electrons. The van der Waals surface area contributed by atoms with Gasteiger partial charge in [0.15, 0.2) is 0 Å². The highest BCUT2D eigenvalue weighted by Gasteiger charge is 2.23. The molecule has 94 valence electrons. The molecule has 17 heavy (non-hydrogen) atoms. The van der Waals surface area contributed by atoms with Crippen molar-refractivity contribution in [1.82, 2.24) is 5.32 Å². The third kappa shape index (κ3) is 3.61. The van der Waals surface area contributed by atoms with Crippen LogP contribution >= 0.6 is 23.2 Å². The van der Waals surface area contributed by atoms with Crippen LogP contribution in [0.4, 0.5) is 0 Å². The molecule has 0 saturated heterocycles. The Morgan fingerprint density at radius 1 is 1.18 bits per heavy atom. The molecule has 1 nitrogen and oxygen atoms in total. The lowest BCUT2D eigenvalue weighted by Crippen LogP contribution is -2.39. The van der Waals surface area contributed by atoms with E-state index in [9.17, 15) is 0 Å². The van der Waals surface area contributed by atoms with Crippen molar-refractivity contribution in [1.29, 1.82) is 0 Å². The first-order valence-electron chi connectivity index (χ1n) is 6.34. The van der Waals surface area contributed by atoms with Crippen molar-refractivity contribution in [2.75, 3.05) is 5.88 Å². The van der Waals surface area contributed by atoms with Crippen LogP contribution in [0, 0.1) is 5.92 Å². The zero-order valence-corrected chi connectivity index (χ0v) is 11.5. The minimum atomic E-state index is 0.553. The van der Waals surface area contributed by atoms with Gasteiger partial charge in [0.25, 0.3) is 0 Å². The average Bonchev–Trinajstić information content (AvgIpc) is 2.38. The molecule has 1 aromatic carbocycles. The van der Waals surface area contributed by atoms with Crippen LogP contribution in [0.15, 0.2) is 24.3 Å². The molecule has 0 bridgehead atoms. The maximum Gasteiger partial charge on any atom is 0.0450 e. The summed E-state index contributed by atoms with van der Waals surface area (Å²) >= 11 is 12.2. The highest BCUT2D eigenvalue weighted by Crippen LogP contribution is 2.26. The van der Waals surface area contributed by atoms with Crippen molar-refractivity contribution in [3.63, 3.8) is 0 Å². The van der Waals surface area contributed by atoms with Crippen LogP contribution in [-0.4, -0.2) is 11.9 Å². The van der Waals surface area contributed by atoms with E-state index in [-0.39, 0.29) is 0 Å². The standard InChI is InChI=1S/C14H19Cl2N/c15-9-11-5-2-4-8-14(11)17-10-12-6-1-3-7-13(12)16/h1,3,6-7,11,14,17H,2,4-5,8-10H2. The summed E-state index contributed by atoms with van der Waals surface area (Å²) in [5.41, 5.74) is 1.17. The van der Waals surface area contributed by atoms with Crippen molar-refractivity contribution in [3.8, 4) is 0 Å². The molecule has 1 aromatic rings. The fraction of sp³-hybridized carbons (Fsp3) is 0.571. The Kier molecular flexibility index (Phi) is 5.15. The van der Waals surface area contributed by atoms with Crippen LogP contribution in [0.1, 0.15) is 31.2 Å². The Morgan fingerprint density at radius 2 is 1.94 bits per heavy atom. The molecular formula is C14H19Cl2N. The maximum atomic E-state index is 6.15. The van der Waals surface area contributed by atoms with Gasteiger partial charge in [0, 0.05) is 23.5 Å². The van der Waals surface area contributed by atoms with E-state index in [1.807, 2.05) is 18.2 Å². The van der Waals surface area contributed by atoms with Crippen molar-refractivity contribution >= 4 is 23.2 Å². The smallest absolute Gasteiger partial charge is 0.0450 e. The molecule has 0 spiro atoms. The van der Waals surface area contributed by atoms with Crippen LogP contribution in [0.25, 0.3) is 0 Å². The van der Waals surface area contributed by atoms with E-state index in [0.717, 1.165) is 17.4 Å². The zero-order valence-electron chi connectivity index (χ0n) is 9.96. The van der Waals surface area contributed by atoms with Crippen molar-refractivity contribution in [2.45, 2.75) is 38.3 Å². The van der Waals surface area contributed by atoms with Crippen molar-refractivity contribution in [2.24, 2.45) is 5.92 Å². The lowest BCUT2D eigenvalue weighted by Gasteiger charge is -2.31. The lowest BCUT2D eigenvalue weighted by atomic mass is 9.85. The minimum absolute atomic E-state index is 0.553. The second-order valence-electron chi connectivity index (χ2n) is 4.78. The molecule has 1 aliphatic carbocycles. The van der Waals surface area contributed by atoms with E-state index < -0.39 is 0 Å². The van der Waals surface area contributed by atoms with E-state index >= 15 is 0 Å². The summed E-state index contributed by atoms with van der Waals surface area (Å²) in [6.07, 6.45) is 5.13. The number of hydrogen-bond donors (Lipinski definition) is 1. The fourth-order valence-electron chi connectivity index (χ4n) is 2.54. The predicted octanol–water partition coefficient (Wildman–Crippen LogP) is 4.23. The van der Waals surface area contributed by atoms with Gasteiger partial charge in [-0.3, -0.25) is 0 Å². The van der Waals surface area contributed by atoms with Crippen LogP contribution in [0.5, 0.6) is 0 Å². The monoisotopic (exact) mass is 271 g/mol. The van der Waals surface area contributed by atoms with E-state index in [1.54, 1.807) is 0 Å². The molecule has 1 aliphatic rings. The third-order valence-corrected chi connectivity index (χ3v) is 4.38. The van der Waals surface area contributed by atoms with Crippen molar-refractivity contribution < 1.29 is 0 Å². The fourth-order valence-corrected chi connectivity index (χ4v) is 3.12. The summed E-state index contributed by atoms with van der Waals surface area (Å²) in [6, 6.07) is 8.57. The lowest BCUT2D eigenvalue weighted by molar-refractivity contribution is 0.282. The van der Waals surface area contributed by atoms with Crippen LogP contribution in [-0.2, 0) is 6.54 Å². The molecular weight excluding hydrogens is 253 g/mol. The molecule has 3 heteroatoms. The summed E-state index contributed by atoms with van der Waals surface area (Å²) in [6.45, 7) is 0.845. The highest BCUT2D eigenvalue weighted by atomic mass is 35.5. The molecule has 0 aliphatic heterocycles. The molecule has 0 aromatic heterocycles. The summed E-state index contributed by atoms with van der Waals surface area (Å²) in [5, 5.41) is 4.46. The molecule has 2 rings (SSSR count). The zero-order chi connectivity index (χ0) is 12.1. The predicted molar refractivity (Wildman–Crippen MR) is 74.8 cm³/mol. The molecule has 2 atom stereocenters. The number of nitrogens with one attached hydrogen (secondary N) is 1. The summed E-state index contributed by atoms with van der Waals surface area (Å²) in [7, 11) is 0. The second kappa shape index (κ2) is 6.63. The molecule has 1 fully saturated rings. The van der Waals surface area contributed by atoms with E-state index in [1.165, 1.54) is 31.2 Å². The first-order valence-corrected chi connectivity index (χ1v) is 7.25. The first kappa shape index (κ1) is 13.2. The van der Waals surface area contributed by atoms with E-state index in [4.69, 9.17) is 23.2 Å². The SMILES string of the molecule is ClCC1CCCCC1NCc1ccccc1Cl. The number of halogens is 2. The summed E-state index contributed by atoms with van der Waals surface area (Å²) < 4.78 is 0. The van der Waals surface area contributed by atoms with E-state index in [0.29, 0.717) is 12.0 Å². The maximum absolute atomic E-state index is 6.15. The molecule has 1 N–H and O–H groups in total. The number of alkyl halides is 1. The second-order valence-corrected chi connectivity index (χ2v) is 5.49. The molecule has 2 unspecified atom stereocenters. The third-order valence-electron chi connectivity index (χ3n) is 3.62. The Labute approximate surface area is 114 Å². The van der Waals surface area contributed by atoms with Gasteiger partial charge in [-0.05, 0) is 30.4 Å². The normalized spacial score (nSPS) is 24.8. The van der Waals surface area contributed by atoms with Gasteiger partial charge in [0.05, 0.1) is 0 Å². The summed E-state index contributed by atoms with van der Waals surface area (Å²) in [5.74, 6) is 1.38. The first-order chi connectivity index (χ1) is 8.31. The van der Waals surface area contributed by atoms with Crippen LogP contribution in [0.2, 0.25) is 5.02 Å². The quantitative estimate of drug-likeness (QED) is 0.809. The van der Waals surface area contributed by atoms with E-state index in [2.05, 4.69) is 11.4 Å². The average molecular weight is 272 g/mol. The van der Waals surface area contributed by atoms with Crippen molar-refractivity contribution in [3.05, 3.63) is 34.9 Å². The minimum Gasteiger partial charge on any atom is -0.310 e. The molecule has 1 saturated carbocycles. The van der Waals surface area contributed by atoms with Gasteiger partial charge in [0.2, 0.25) is 0 Å². The van der Waals surface area contributed by atoms with Gasteiger partial charge in [-0.15, -0.1) is 11.6 Å². The summed E-state index contributed by atoms with van der Waals surface area (Å²) in [4.78, 5) is 0. The Balaban J connectivity index is 1.90. The number of hydrogen-bond acceptors (Lipinski definition) is 1. The Bertz CT molecular complexity index is 354. The number of benzene rings is 1. The van der Waals surface area contributed by atoms with Gasteiger partial charge in [-0.2, -0.15) is 0 Å². The number of rotatable bonds is 4. The van der Waals surface area contributed by atoms with Gasteiger partial charge in [-0.1, -0.05) is 42.6 Å². The van der Waals surface area contributed by atoms with Gasteiger partial charge < -0.3 is 5.32 Å². The van der Waals surface area contributed by atoms with Crippen LogP contribution < -0.4 is 5.32 Å². The highest BCUT2D eigenvalue weighted by molar-refractivity contribution is 6.31. The molecule has 0 heterocycles. The van der Waals surface area contributed by atoms with Gasteiger partial charge in [0.1, 0.15) is 0 Å². The van der Waals surface area contributed by atoms with Gasteiger partial charge >= 0.3 is 0 Å². The largest absolute Gasteiger partial charge is 0.310 e.